The topological polar surface area (TPSA) is 96.1 Å². The molecule has 0 saturated carbocycles. The van der Waals surface area contributed by atoms with Crippen LogP contribution >= 0.6 is 11.8 Å². The monoisotopic (exact) mass is 368 g/mol. The minimum absolute atomic E-state index is 0.0691. The van der Waals surface area contributed by atoms with Gasteiger partial charge in [-0.05, 0) is 13.8 Å². The molecule has 0 saturated heterocycles. The van der Waals surface area contributed by atoms with Crippen molar-refractivity contribution in [2.45, 2.75) is 25.5 Å². The highest BCUT2D eigenvalue weighted by atomic mass is 32.2. The number of carbonyl (C=O) groups is 1. The average molecular weight is 368 g/mol. The maximum Gasteiger partial charge on any atom is 0.243 e. The van der Waals surface area contributed by atoms with Gasteiger partial charge in [0, 0.05) is 33.4 Å². The van der Waals surface area contributed by atoms with Crippen molar-refractivity contribution in [1.29, 1.82) is 0 Å². The van der Waals surface area contributed by atoms with Crippen LogP contribution in [-0.2, 0) is 23.1 Å². The Labute approximate surface area is 151 Å². The van der Waals surface area contributed by atoms with Gasteiger partial charge in [0.05, 0.1) is 19.0 Å². The number of hydrogen-bond donors (Lipinski definition) is 1. The van der Waals surface area contributed by atoms with E-state index in [1.165, 1.54) is 11.8 Å². The molecule has 25 heavy (non-hydrogen) atoms. The zero-order valence-electron chi connectivity index (χ0n) is 15.0. The van der Waals surface area contributed by atoms with Crippen LogP contribution in [0.4, 0.5) is 0 Å². The van der Waals surface area contributed by atoms with Crippen LogP contribution in [0.5, 0.6) is 5.88 Å². The van der Waals surface area contributed by atoms with Crippen LogP contribution < -0.4 is 10.1 Å². The third-order valence-electron chi connectivity index (χ3n) is 3.37. The standard InChI is InChI=1S/C15H24N6O3S/c1-5-21-9-11(14(19-21)24-6-2)13-17-18-15(20(13)3)25-10-12(22)16-7-8-23-4/h9H,5-8,10H2,1-4H3,(H,16,22). The molecule has 0 unspecified atom stereocenters. The molecular weight excluding hydrogens is 344 g/mol. The van der Waals surface area contributed by atoms with Crippen molar-refractivity contribution >= 4 is 17.7 Å². The molecule has 138 valence electrons. The van der Waals surface area contributed by atoms with Crippen molar-refractivity contribution < 1.29 is 14.3 Å². The molecular formula is C15H24N6O3S. The molecule has 0 aromatic carbocycles. The Hall–Kier alpha value is -2.07. The first kappa shape index (κ1) is 19.3. The Balaban J connectivity index is 2.08. The number of ether oxygens (including phenoxy) is 2. The van der Waals surface area contributed by atoms with Crippen molar-refractivity contribution in [1.82, 2.24) is 29.9 Å². The Morgan fingerprint density at radius 2 is 2.16 bits per heavy atom. The third-order valence-corrected chi connectivity index (χ3v) is 4.39. The summed E-state index contributed by atoms with van der Waals surface area (Å²) in [4.78, 5) is 11.8. The third kappa shape index (κ3) is 4.95. The number of aromatic nitrogens is 5. The van der Waals surface area contributed by atoms with E-state index in [4.69, 9.17) is 9.47 Å². The summed E-state index contributed by atoms with van der Waals surface area (Å²) < 4.78 is 14.1. The van der Waals surface area contributed by atoms with Crippen LogP contribution in [0.1, 0.15) is 13.8 Å². The fourth-order valence-corrected chi connectivity index (χ4v) is 2.85. The van der Waals surface area contributed by atoms with Crippen LogP contribution in [0.3, 0.4) is 0 Å². The van der Waals surface area contributed by atoms with Gasteiger partial charge in [0.25, 0.3) is 0 Å². The molecule has 0 radical (unpaired) electrons. The number of amides is 1. The molecule has 0 bridgehead atoms. The van der Waals surface area contributed by atoms with Gasteiger partial charge >= 0.3 is 0 Å². The first-order valence-electron chi connectivity index (χ1n) is 8.09. The summed E-state index contributed by atoms with van der Waals surface area (Å²) in [5, 5.41) is 16.2. The van der Waals surface area contributed by atoms with E-state index in [1.54, 1.807) is 11.8 Å². The molecule has 2 heterocycles. The highest BCUT2D eigenvalue weighted by Gasteiger charge is 2.19. The number of aryl methyl sites for hydroxylation is 1. The highest BCUT2D eigenvalue weighted by Crippen LogP contribution is 2.29. The molecule has 9 nitrogen and oxygen atoms in total. The zero-order chi connectivity index (χ0) is 18.2. The van der Waals surface area contributed by atoms with Gasteiger partial charge in [-0.1, -0.05) is 11.8 Å². The van der Waals surface area contributed by atoms with E-state index < -0.39 is 0 Å². The SMILES string of the molecule is CCOc1nn(CC)cc1-c1nnc(SCC(=O)NCCOC)n1C. The van der Waals surface area contributed by atoms with Crippen molar-refractivity contribution in [2.75, 3.05) is 32.6 Å². The lowest BCUT2D eigenvalue weighted by molar-refractivity contribution is -0.118. The Morgan fingerprint density at radius 1 is 1.36 bits per heavy atom. The first-order chi connectivity index (χ1) is 12.1. The maximum atomic E-state index is 11.8. The number of methoxy groups -OCH3 is 1. The lowest BCUT2D eigenvalue weighted by atomic mass is 10.3. The van der Waals surface area contributed by atoms with Crippen molar-refractivity contribution in [2.24, 2.45) is 7.05 Å². The van der Waals surface area contributed by atoms with Gasteiger partial charge in [0.15, 0.2) is 11.0 Å². The van der Waals surface area contributed by atoms with Gasteiger partial charge in [-0.15, -0.1) is 15.3 Å². The molecule has 1 amide bonds. The normalized spacial score (nSPS) is 10.9. The summed E-state index contributed by atoms with van der Waals surface area (Å²) in [7, 11) is 3.46. The molecule has 2 aromatic rings. The molecule has 1 N–H and O–H groups in total. The minimum Gasteiger partial charge on any atom is -0.476 e. The smallest absolute Gasteiger partial charge is 0.243 e. The van der Waals surface area contributed by atoms with Crippen molar-refractivity contribution in [3.05, 3.63) is 6.20 Å². The van der Waals surface area contributed by atoms with Gasteiger partial charge in [0.2, 0.25) is 11.8 Å². The summed E-state index contributed by atoms with van der Waals surface area (Å²) in [5.41, 5.74) is 0.787. The molecule has 0 aliphatic rings. The van der Waals surface area contributed by atoms with Gasteiger partial charge in [-0.3, -0.25) is 9.48 Å². The highest BCUT2D eigenvalue weighted by molar-refractivity contribution is 7.99. The number of hydrogen-bond acceptors (Lipinski definition) is 7. The minimum atomic E-state index is -0.0691. The molecule has 2 aromatic heterocycles. The molecule has 0 fully saturated rings. The van der Waals surface area contributed by atoms with E-state index in [9.17, 15) is 4.79 Å². The first-order valence-corrected chi connectivity index (χ1v) is 9.07. The molecule has 10 heteroatoms. The van der Waals surface area contributed by atoms with E-state index in [0.717, 1.165) is 12.1 Å². The van der Waals surface area contributed by atoms with E-state index >= 15 is 0 Å². The lowest BCUT2D eigenvalue weighted by Gasteiger charge is -2.05. The lowest BCUT2D eigenvalue weighted by Crippen LogP contribution is -2.28. The van der Waals surface area contributed by atoms with E-state index in [-0.39, 0.29) is 11.7 Å². The quantitative estimate of drug-likeness (QED) is 0.493. The van der Waals surface area contributed by atoms with Crippen LogP contribution in [0.25, 0.3) is 11.4 Å². The van der Waals surface area contributed by atoms with Crippen LogP contribution in [-0.4, -0.2) is 63.1 Å². The second-order valence-electron chi connectivity index (χ2n) is 5.13. The van der Waals surface area contributed by atoms with Gasteiger partial charge in [-0.2, -0.15) is 0 Å². The molecule has 2 rings (SSSR count). The van der Waals surface area contributed by atoms with E-state index in [1.807, 2.05) is 31.7 Å². The Bertz CT molecular complexity index is 699. The maximum absolute atomic E-state index is 11.8. The molecule has 0 spiro atoms. The Morgan fingerprint density at radius 3 is 2.84 bits per heavy atom. The van der Waals surface area contributed by atoms with Crippen LogP contribution in [0, 0.1) is 0 Å². The predicted molar refractivity (Wildman–Crippen MR) is 94.7 cm³/mol. The zero-order valence-corrected chi connectivity index (χ0v) is 15.8. The second kappa shape index (κ2) is 9.42. The second-order valence-corrected chi connectivity index (χ2v) is 6.08. The van der Waals surface area contributed by atoms with Gasteiger partial charge < -0.3 is 19.4 Å². The fraction of sp³-hybridized carbons (Fsp3) is 0.600. The summed E-state index contributed by atoms with van der Waals surface area (Å²) in [5.74, 6) is 1.39. The summed E-state index contributed by atoms with van der Waals surface area (Å²) >= 11 is 1.33. The number of rotatable bonds is 10. The number of nitrogens with one attached hydrogen (secondary N) is 1. The molecule has 0 aliphatic heterocycles. The Kier molecular flexibility index (Phi) is 7.26. The summed E-state index contributed by atoms with van der Waals surface area (Å²) in [6.45, 7) is 6.16. The average Bonchev–Trinajstić information content (AvgIpc) is 3.17. The molecule has 0 atom stereocenters. The van der Waals surface area contributed by atoms with Gasteiger partial charge in [-0.25, -0.2) is 0 Å². The van der Waals surface area contributed by atoms with E-state index in [0.29, 0.717) is 36.6 Å². The van der Waals surface area contributed by atoms with Crippen LogP contribution in [0.15, 0.2) is 11.4 Å². The fourth-order valence-electron chi connectivity index (χ4n) is 2.11. The number of nitrogens with zero attached hydrogens (tertiary/aromatic N) is 5. The molecule has 0 aliphatic carbocycles. The predicted octanol–water partition coefficient (Wildman–Crippen LogP) is 0.952. The largest absolute Gasteiger partial charge is 0.476 e. The van der Waals surface area contributed by atoms with Crippen molar-refractivity contribution in [3.63, 3.8) is 0 Å². The van der Waals surface area contributed by atoms with Crippen molar-refractivity contribution in [3.8, 4) is 17.3 Å². The van der Waals surface area contributed by atoms with E-state index in [2.05, 4.69) is 20.6 Å². The number of thioether (sulfide) groups is 1. The van der Waals surface area contributed by atoms with Gasteiger partial charge in [0.1, 0.15) is 5.56 Å². The van der Waals surface area contributed by atoms with Crippen LogP contribution in [0.2, 0.25) is 0 Å². The summed E-state index contributed by atoms with van der Waals surface area (Å²) in [6, 6.07) is 0. The number of carbonyl (C=O) groups excluding carboxylic acids is 1. The summed E-state index contributed by atoms with van der Waals surface area (Å²) in [6.07, 6.45) is 1.89.